The summed E-state index contributed by atoms with van der Waals surface area (Å²) in [5, 5.41) is 0.842. The van der Waals surface area contributed by atoms with E-state index in [0.29, 0.717) is 16.8 Å². The Morgan fingerprint density at radius 2 is 2.11 bits per heavy atom. The maximum atomic E-state index is 12.1. The predicted molar refractivity (Wildman–Crippen MR) is 78.3 cm³/mol. The van der Waals surface area contributed by atoms with Gasteiger partial charge in [0.15, 0.2) is 5.84 Å². The van der Waals surface area contributed by atoms with Crippen molar-refractivity contribution in [2.45, 2.75) is 30.2 Å². The highest BCUT2D eigenvalue weighted by atomic mass is 79.9. The van der Waals surface area contributed by atoms with Crippen molar-refractivity contribution in [3.8, 4) is 0 Å². The number of hydrogen-bond acceptors (Lipinski definition) is 3. The van der Waals surface area contributed by atoms with Gasteiger partial charge >= 0.3 is 0 Å². The average Bonchev–Trinajstić information content (AvgIpc) is 2.71. The minimum atomic E-state index is -3.50. The van der Waals surface area contributed by atoms with Crippen LogP contribution < -0.4 is 0 Å². The largest absolute Gasteiger partial charge is 0.352 e. The molecular formula is C13H15BrN2O2S. The summed E-state index contributed by atoms with van der Waals surface area (Å²) in [6, 6.07) is 7.41. The molecule has 2 heterocycles. The summed E-state index contributed by atoms with van der Waals surface area (Å²) >= 11 is 3.52. The van der Waals surface area contributed by atoms with Crippen LogP contribution in [0.3, 0.4) is 0 Å². The van der Waals surface area contributed by atoms with E-state index in [1.54, 1.807) is 12.1 Å². The van der Waals surface area contributed by atoms with Crippen LogP contribution in [0.5, 0.6) is 0 Å². The fourth-order valence-corrected chi connectivity index (χ4v) is 4.63. The number of halogens is 1. The van der Waals surface area contributed by atoms with Crippen molar-refractivity contribution in [3.05, 3.63) is 29.8 Å². The Balaban J connectivity index is 2.06. The molecule has 2 aliphatic heterocycles. The van der Waals surface area contributed by atoms with Gasteiger partial charge in [-0.2, -0.15) is 8.42 Å². The summed E-state index contributed by atoms with van der Waals surface area (Å²) in [7, 11) is -3.50. The lowest BCUT2D eigenvalue weighted by Gasteiger charge is -2.36. The Morgan fingerprint density at radius 3 is 2.89 bits per heavy atom. The SMILES string of the molecule is O=S1(=O)N=C(N2CCCCC2CBr)c2ccccc21. The van der Waals surface area contributed by atoms with Crippen LogP contribution in [-0.4, -0.2) is 37.1 Å². The zero-order valence-electron chi connectivity index (χ0n) is 10.4. The molecule has 0 spiro atoms. The number of sulfonamides is 1. The van der Waals surface area contributed by atoms with Crippen molar-refractivity contribution in [2.24, 2.45) is 4.40 Å². The van der Waals surface area contributed by atoms with Crippen LogP contribution in [0.15, 0.2) is 33.6 Å². The van der Waals surface area contributed by atoms with Gasteiger partial charge in [0.05, 0.1) is 0 Å². The van der Waals surface area contributed by atoms with E-state index >= 15 is 0 Å². The van der Waals surface area contributed by atoms with Gasteiger partial charge in [0.25, 0.3) is 10.0 Å². The third kappa shape index (κ3) is 2.21. The lowest BCUT2D eigenvalue weighted by molar-refractivity contribution is 0.264. The number of nitrogens with zero attached hydrogens (tertiary/aromatic N) is 2. The van der Waals surface area contributed by atoms with Crippen LogP contribution in [0.2, 0.25) is 0 Å². The smallest absolute Gasteiger partial charge is 0.285 e. The van der Waals surface area contributed by atoms with Crippen molar-refractivity contribution in [1.29, 1.82) is 0 Å². The van der Waals surface area contributed by atoms with Crippen molar-refractivity contribution in [3.63, 3.8) is 0 Å². The highest BCUT2D eigenvalue weighted by molar-refractivity contribution is 9.09. The van der Waals surface area contributed by atoms with Gasteiger partial charge in [-0.25, -0.2) is 0 Å². The van der Waals surface area contributed by atoms with Gasteiger partial charge in [0.2, 0.25) is 0 Å². The highest BCUT2D eigenvalue weighted by Crippen LogP contribution is 2.30. The van der Waals surface area contributed by atoms with E-state index in [1.807, 2.05) is 12.1 Å². The number of fused-ring (bicyclic) bond motifs is 1. The second-order valence-corrected chi connectivity index (χ2v) is 7.10. The second kappa shape index (κ2) is 4.90. The number of amidine groups is 1. The molecule has 1 aromatic rings. The van der Waals surface area contributed by atoms with Crippen molar-refractivity contribution < 1.29 is 8.42 Å². The first-order valence-electron chi connectivity index (χ1n) is 6.40. The van der Waals surface area contributed by atoms with Crippen molar-refractivity contribution >= 4 is 31.8 Å². The van der Waals surface area contributed by atoms with Crippen LogP contribution in [-0.2, 0) is 10.0 Å². The monoisotopic (exact) mass is 342 g/mol. The van der Waals surface area contributed by atoms with Crippen LogP contribution in [0.25, 0.3) is 0 Å². The number of likely N-dealkylation sites (tertiary alicyclic amines) is 1. The molecule has 3 rings (SSSR count). The Hall–Kier alpha value is -0.880. The molecule has 0 aliphatic carbocycles. The normalized spacial score (nSPS) is 25.0. The van der Waals surface area contributed by atoms with E-state index in [-0.39, 0.29) is 0 Å². The molecule has 0 amide bonds. The maximum Gasteiger partial charge on any atom is 0.285 e. The molecule has 0 N–H and O–H groups in total. The average molecular weight is 343 g/mol. The third-order valence-electron chi connectivity index (χ3n) is 3.69. The van der Waals surface area contributed by atoms with Crippen LogP contribution in [0.4, 0.5) is 0 Å². The van der Waals surface area contributed by atoms with Crippen molar-refractivity contribution in [2.75, 3.05) is 11.9 Å². The quantitative estimate of drug-likeness (QED) is 0.736. The summed E-state index contributed by atoms with van der Waals surface area (Å²) in [5.41, 5.74) is 0.746. The molecule has 1 fully saturated rings. The van der Waals surface area contributed by atoms with Gasteiger partial charge in [-0.1, -0.05) is 28.1 Å². The number of piperidine rings is 1. The molecule has 1 saturated heterocycles. The lowest BCUT2D eigenvalue weighted by Crippen LogP contribution is -2.44. The Labute approximate surface area is 121 Å². The molecule has 102 valence electrons. The minimum Gasteiger partial charge on any atom is -0.352 e. The lowest BCUT2D eigenvalue weighted by atomic mass is 10.0. The highest BCUT2D eigenvalue weighted by Gasteiger charge is 2.34. The molecule has 1 atom stereocenters. The molecule has 1 aromatic carbocycles. The first-order valence-corrected chi connectivity index (χ1v) is 8.96. The van der Waals surface area contributed by atoms with Gasteiger partial charge in [0.1, 0.15) is 4.90 Å². The Morgan fingerprint density at radius 1 is 1.32 bits per heavy atom. The maximum absolute atomic E-state index is 12.1. The fourth-order valence-electron chi connectivity index (χ4n) is 2.74. The van der Waals surface area contributed by atoms with E-state index < -0.39 is 10.0 Å². The second-order valence-electron chi connectivity index (χ2n) is 4.88. The number of hydrogen-bond donors (Lipinski definition) is 0. The van der Waals surface area contributed by atoms with Gasteiger partial charge in [0, 0.05) is 23.5 Å². The first-order chi connectivity index (χ1) is 9.13. The molecule has 2 aliphatic rings. The molecule has 0 aromatic heterocycles. The van der Waals surface area contributed by atoms with Crippen LogP contribution in [0.1, 0.15) is 24.8 Å². The molecule has 0 saturated carbocycles. The number of alkyl halides is 1. The van der Waals surface area contributed by atoms with E-state index in [9.17, 15) is 8.42 Å². The molecule has 19 heavy (non-hydrogen) atoms. The molecule has 1 unspecified atom stereocenters. The molecular weight excluding hydrogens is 328 g/mol. The summed E-state index contributed by atoms with van der Waals surface area (Å²) in [6.07, 6.45) is 3.35. The van der Waals surface area contributed by atoms with E-state index in [0.717, 1.165) is 30.3 Å². The third-order valence-corrected chi connectivity index (χ3v) is 5.76. The molecule has 4 nitrogen and oxygen atoms in total. The summed E-state index contributed by atoms with van der Waals surface area (Å²) in [6.45, 7) is 0.874. The number of rotatable bonds is 1. The number of benzene rings is 1. The summed E-state index contributed by atoms with van der Waals surface area (Å²) in [4.78, 5) is 2.48. The molecule has 6 heteroatoms. The first kappa shape index (κ1) is 13.1. The minimum absolute atomic E-state index is 0.328. The zero-order chi connectivity index (χ0) is 13.5. The standard InChI is InChI=1S/C13H15BrN2O2S/c14-9-10-5-3-4-8-16(10)13-11-6-1-2-7-12(11)19(17,18)15-13/h1-2,6-7,10H,3-5,8-9H2. The van der Waals surface area contributed by atoms with Crippen LogP contribution >= 0.6 is 15.9 Å². The van der Waals surface area contributed by atoms with Gasteiger partial charge in [-0.05, 0) is 31.4 Å². The van der Waals surface area contributed by atoms with Gasteiger partial charge in [-0.15, -0.1) is 4.40 Å². The van der Waals surface area contributed by atoms with Crippen LogP contribution in [0, 0.1) is 0 Å². The predicted octanol–water partition coefficient (Wildman–Crippen LogP) is 2.38. The zero-order valence-corrected chi connectivity index (χ0v) is 12.8. The van der Waals surface area contributed by atoms with Gasteiger partial charge in [-0.3, -0.25) is 0 Å². The molecule has 0 bridgehead atoms. The topological polar surface area (TPSA) is 49.7 Å². The Kier molecular flexibility index (Phi) is 3.39. The van der Waals surface area contributed by atoms with E-state index in [1.165, 1.54) is 6.42 Å². The summed E-state index contributed by atoms with van der Waals surface area (Å²) in [5.74, 6) is 0.625. The fraction of sp³-hybridized carbons (Fsp3) is 0.462. The van der Waals surface area contributed by atoms with E-state index in [4.69, 9.17) is 0 Å². The molecule has 0 radical (unpaired) electrons. The van der Waals surface area contributed by atoms with Gasteiger partial charge < -0.3 is 4.90 Å². The summed E-state index contributed by atoms with van der Waals surface area (Å²) < 4.78 is 28.2. The van der Waals surface area contributed by atoms with E-state index in [2.05, 4.69) is 25.2 Å². The Bertz CT molecular complexity index is 627. The van der Waals surface area contributed by atoms with Crippen molar-refractivity contribution in [1.82, 2.24) is 4.90 Å².